The van der Waals surface area contributed by atoms with Gasteiger partial charge in [0.05, 0.1) is 6.04 Å². The van der Waals surface area contributed by atoms with Crippen LogP contribution in [0.25, 0.3) is 0 Å². The monoisotopic (exact) mass is 633 g/mol. The van der Waals surface area contributed by atoms with Crippen molar-refractivity contribution in [2.75, 3.05) is 19.6 Å². The van der Waals surface area contributed by atoms with E-state index < -0.39 is 17.7 Å². The van der Waals surface area contributed by atoms with Gasteiger partial charge in [-0.3, -0.25) is 4.79 Å². The number of unbranched alkanes of at least 4 members (excludes halogenated alkanes) is 1. The van der Waals surface area contributed by atoms with Gasteiger partial charge in [-0.15, -0.1) is 0 Å². The molecule has 0 aromatic heterocycles. The van der Waals surface area contributed by atoms with Crippen molar-refractivity contribution in [3.8, 4) is 0 Å². The summed E-state index contributed by atoms with van der Waals surface area (Å²) in [6.07, 6.45) is 2.59. The maximum absolute atomic E-state index is 13.5. The number of hydrogen-bond donors (Lipinski definition) is 5. The zero-order valence-corrected chi connectivity index (χ0v) is 27.1. The first-order valence-electron chi connectivity index (χ1n) is 15.9. The van der Waals surface area contributed by atoms with Crippen LogP contribution in [0.2, 0.25) is 0 Å². The van der Waals surface area contributed by atoms with Gasteiger partial charge in [-0.1, -0.05) is 72.8 Å². The lowest BCUT2D eigenvalue weighted by Crippen LogP contribution is -2.53. The number of halogens is 1. The fraction of sp³-hybridized carbons (Fsp3) is 0.417. The van der Waals surface area contributed by atoms with Gasteiger partial charge in [-0.05, 0) is 81.7 Å². The van der Waals surface area contributed by atoms with Crippen molar-refractivity contribution in [3.05, 3.63) is 107 Å². The summed E-state index contributed by atoms with van der Waals surface area (Å²) in [4.78, 5) is 38.2. The molecular formula is C36H48FN5O4. The van der Waals surface area contributed by atoms with Gasteiger partial charge in [-0.2, -0.15) is 0 Å². The maximum Gasteiger partial charge on any atom is 0.407 e. The topological polar surface area (TPSA) is 121 Å². The summed E-state index contributed by atoms with van der Waals surface area (Å²) in [5.41, 5.74) is 2.42. The van der Waals surface area contributed by atoms with Gasteiger partial charge in [-0.25, -0.2) is 14.0 Å². The van der Waals surface area contributed by atoms with Crippen LogP contribution in [0.15, 0.2) is 84.9 Å². The number of carbonyl (C=O) groups is 3. The fourth-order valence-electron chi connectivity index (χ4n) is 4.80. The Bertz CT molecular complexity index is 1330. The van der Waals surface area contributed by atoms with E-state index in [-0.39, 0.29) is 23.8 Å². The van der Waals surface area contributed by atoms with Gasteiger partial charge >= 0.3 is 12.1 Å². The quantitative estimate of drug-likeness (QED) is 0.130. The zero-order valence-electron chi connectivity index (χ0n) is 27.1. The van der Waals surface area contributed by atoms with E-state index in [1.807, 2.05) is 81.4 Å². The van der Waals surface area contributed by atoms with Crippen LogP contribution in [-0.4, -0.2) is 55.4 Å². The molecule has 9 nitrogen and oxygen atoms in total. The lowest BCUT2D eigenvalue weighted by molar-refractivity contribution is -0.123. The molecule has 0 heterocycles. The Morgan fingerprint density at radius 3 is 2.04 bits per heavy atom. The first-order chi connectivity index (χ1) is 22.1. The van der Waals surface area contributed by atoms with Crippen molar-refractivity contribution in [3.63, 3.8) is 0 Å². The molecule has 0 aliphatic rings. The van der Waals surface area contributed by atoms with Crippen LogP contribution in [0.3, 0.4) is 0 Å². The minimum atomic E-state index is -0.572. The SMILES string of the molecule is CC(C)(C)OC(=O)NCCCC[C@H](N[C@@H](CNC(=O)NCCc1ccc(F)cc1)Cc1ccccc1)C(=O)NCc1ccccc1. The fourth-order valence-corrected chi connectivity index (χ4v) is 4.80. The van der Waals surface area contributed by atoms with Crippen molar-refractivity contribution in [2.45, 2.75) is 77.1 Å². The molecule has 0 unspecified atom stereocenters. The third kappa shape index (κ3) is 15.0. The number of alkyl carbamates (subject to hydrolysis) is 1. The minimum absolute atomic E-state index is 0.134. The molecule has 0 fully saturated rings. The number of carbonyl (C=O) groups excluding carboxylic acids is 3. The summed E-state index contributed by atoms with van der Waals surface area (Å²) in [6, 6.07) is 24.7. The molecule has 5 N–H and O–H groups in total. The van der Waals surface area contributed by atoms with Crippen molar-refractivity contribution in [1.29, 1.82) is 0 Å². The molecule has 46 heavy (non-hydrogen) atoms. The van der Waals surface area contributed by atoms with E-state index in [1.54, 1.807) is 12.1 Å². The molecule has 0 spiro atoms. The van der Waals surface area contributed by atoms with Crippen LogP contribution in [0.1, 0.15) is 56.7 Å². The van der Waals surface area contributed by atoms with Gasteiger partial charge in [0.25, 0.3) is 0 Å². The normalized spacial score (nSPS) is 12.4. The molecule has 2 atom stereocenters. The van der Waals surface area contributed by atoms with E-state index in [2.05, 4.69) is 26.6 Å². The van der Waals surface area contributed by atoms with E-state index >= 15 is 0 Å². The summed E-state index contributed by atoms with van der Waals surface area (Å²) in [5.74, 6) is -0.429. The smallest absolute Gasteiger partial charge is 0.407 e. The van der Waals surface area contributed by atoms with E-state index in [9.17, 15) is 18.8 Å². The highest BCUT2D eigenvalue weighted by molar-refractivity contribution is 5.81. The molecule has 4 amide bonds. The molecular weight excluding hydrogens is 585 g/mol. The van der Waals surface area contributed by atoms with Crippen molar-refractivity contribution >= 4 is 18.0 Å². The van der Waals surface area contributed by atoms with E-state index in [1.165, 1.54) is 12.1 Å². The summed E-state index contributed by atoms with van der Waals surface area (Å²) in [7, 11) is 0. The molecule has 0 saturated heterocycles. The molecule has 0 radical (unpaired) electrons. The van der Waals surface area contributed by atoms with Crippen LogP contribution in [0.5, 0.6) is 0 Å². The van der Waals surface area contributed by atoms with E-state index in [0.717, 1.165) is 16.7 Å². The number of ether oxygens (including phenoxy) is 1. The molecule has 10 heteroatoms. The standard InChI is InChI=1S/C36H48FN5O4/c1-36(2,3)46-35(45)39-22-11-10-16-32(33(43)40-25-29-14-8-5-9-15-29)42-31(24-28-12-6-4-7-13-28)26-41-34(44)38-23-21-27-17-19-30(37)20-18-27/h4-9,12-15,17-20,31-32,42H,10-11,16,21-26H2,1-3H3,(H,39,45)(H,40,43)(H2,38,41,44)/t31-,32+/m1/s1. The third-order valence-electron chi connectivity index (χ3n) is 7.10. The largest absolute Gasteiger partial charge is 0.444 e. The Labute approximate surface area is 272 Å². The molecule has 3 rings (SSSR count). The summed E-state index contributed by atoms with van der Waals surface area (Å²) >= 11 is 0. The highest BCUT2D eigenvalue weighted by Crippen LogP contribution is 2.10. The average molecular weight is 634 g/mol. The van der Waals surface area contributed by atoms with Gasteiger partial charge in [0.2, 0.25) is 5.91 Å². The number of nitrogens with one attached hydrogen (secondary N) is 5. The summed E-state index contributed by atoms with van der Waals surface area (Å²) < 4.78 is 18.5. The highest BCUT2D eigenvalue weighted by atomic mass is 19.1. The van der Waals surface area contributed by atoms with Gasteiger partial charge in [0.1, 0.15) is 11.4 Å². The van der Waals surface area contributed by atoms with Crippen molar-refractivity contribution in [2.24, 2.45) is 0 Å². The van der Waals surface area contributed by atoms with Gasteiger partial charge < -0.3 is 31.3 Å². The second-order valence-corrected chi connectivity index (χ2v) is 12.2. The Balaban J connectivity index is 1.60. The number of benzene rings is 3. The van der Waals surface area contributed by atoms with Crippen LogP contribution >= 0.6 is 0 Å². The first kappa shape index (κ1) is 36.0. The van der Waals surface area contributed by atoms with E-state index in [0.29, 0.717) is 58.3 Å². The van der Waals surface area contributed by atoms with Crippen LogP contribution in [-0.2, 0) is 28.9 Å². The Morgan fingerprint density at radius 1 is 0.739 bits per heavy atom. The molecule has 3 aromatic carbocycles. The zero-order chi connectivity index (χ0) is 33.2. The second kappa shape index (κ2) is 19.2. The Kier molecular flexibility index (Phi) is 15.0. The molecule has 248 valence electrons. The molecule has 0 aliphatic carbocycles. The van der Waals surface area contributed by atoms with Crippen LogP contribution < -0.4 is 26.6 Å². The van der Waals surface area contributed by atoms with Crippen molar-refractivity contribution < 1.29 is 23.5 Å². The second-order valence-electron chi connectivity index (χ2n) is 12.2. The van der Waals surface area contributed by atoms with E-state index in [4.69, 9.17) is 4.74 Å². The Morgan fingerprint density at radius 2 is 1.39 bits per heavy atom. The van der Waals surface area contributed by atoms with Gasteiger partial charge in [0, 0.05) is 32.2 Å². The predicted octanol–water partition coefficient (Wildman–Crippen LogP) is 5.25. The third-order valence-corrected chi connectivity index (χ3v) is 7.10. The lowest BCUT2D eigenvalue weighted by atomic mass is 10.0. The van der Waals surface area contributed by atoms with Crippen molar-refractivity contribution in [1.82, 2.24) is 26.6 Å². The number of hydrogen-bond acceptors (Lipinski definition) is 5. The number of rotatable bonds is 17. The van der Waals surface area contributed by atoms with Crippen LogP contribution in [0, 0.1) is 5.82 Å². The predicted molar refractivity (Wildman–Crippen MR) is 179 cm³/mol. The lowest BCUT2D eigenvalue weighted by Gasteiger charge is -2.26. The molecule has 3 aromatic rings. The highest BCUT2D eigenvalue weighted by Gasteiger charge is 2.23. The molecule has 0 saturated carbocycles. The minimum Gasteiger partial charge on any atom is -0.444 e. The maximum atomic E-state index is 13.5. The number of amides is 4. The van der Waals surface area contributed by atoms with Crippen LogP contribution in [0.4, 0.5) is 14.0 Å². The Hall–Kier alpha value is -4.44. The first-order valence-corrected chi connectivity index (χ1v) is 15.9. The molecule has 0 bridgehead atoms. The van der Waals surface area contributed by atoms with Gasteiger partial charge in [0.15, 0.2) is 0 Å². The summed E-state index contributed by atoms with van der Waals surface area (Å²) in [5, 5.41) is 15.1. The number of urea groups is 1. The average Bonchev–Trinajstić information content (AvgIpc) is 3.02. The molecule has 0 aliphatic heterocycles. The summed E-state index contributed by atoms with van der Waals surface area (Å²) in [6.45, 7) is 6.96.